The summed E-state index contributed by atoms with van der Waals surface area (Å²) in [6.07, 6.45) is 4.51. The average Bonchev–Trinajstić information content (AvgIpc) is 3.53. The predicted octanol–water partition coefficient (Wildman–Crippen LogP) is 3.25. The molecule has 1 aromatic carbocycles. The Morgan fingerprint density at radius 1 is 1.07 bits per heavy atom. The highest BCUT2D eigenvalue weighted by Gasteiger charge is 2.34. The Hall–Kier alpha value is -1.44. The first-order chi connectivity index (χ1) is 14.2. The average molecular weight is 437 g/mol. The summed E-state index contributed by atoms with van der Waals surface area (Å²) in [5.74, 6) is 0.676. The Labute approximate surface area is 181 Å². The number of aryl methyl sites for hydroxylation is 2. The molecular formula is C23H36N2O4S. The van der Waals surface area contributed by atoms with Crippen molar-refractivity contribution < 1.29 is 17.9 Å². The molecule has 1 aromatic rings. The van der Waals surface area contributed by atoms with Gasteiger partial charge in [0.25, 0.3) is 0 Å². The van der Waals surface area contributed by atoms with Gasteiger partial charge in [-0.25, -0.2) is 8.42 Å². The van der Waals surface area contributed by atoms with E-state index in [2.05, 4.69) is 5.32 Å². The predicted molar refractivity (Wildman–Crippen MR) is 118 cm³/mol. The molecule has 1 saturated heterocycles. The minimum atomic E-state index is -3.56. The number of hydrogen-bond donors (Lipinski definition) is 1. The van der Waals surface area contributed by atoms with Gasteiger partial charge in [-0.05, 0) is 88.0 Å². The van der Waals surface area contributed by atoms with E-state index in [4.69, 9.17) is 4.74 Å². The molecule has 0 radical (unpaired) electrons. The SMILES string of the molecule is Cc1cc(C)c(C)c(S(=O)(=O)N2CCC(C(=O)NCCCOCC3CC3)CC2)c1C. The van der Waals surface area contributed by atoms with E-state index in [1.807, 2.05) is 33.8 Å². The molecule has 2 aliphatic rings. The summed E-state index contributed by atoms with van der Waals surface area (Å²) in [5, 5.41) is 2.99. The molecule has 0 bridgehead atoms. The second-order valence-electron chi connectivity index (χ2n) is 8.93. The normalized spacial score (nSPS) is 18.5. The van der Waals surface area contributed by atoms with Crippen molar-refractivity contribution in [1.82, 2.24) is 9.62 Å². The molecule has 1 N–H and O–H groups in total. The highest BCUT2D eigenvalue weighted by molar-refractivity contribution is 7.89. The summed E-state index contributed by atoms with van der Waals surface area (Å²) in [6, 6.07) is 2.04. The highest BCUT2D eigenvalue weighted by atomic mass is 32.2. The molecule has 0 aromatic heterocycles. The molecule has 0 unspecified atom stereocenters. The van der Waals surface area contributed by atoms with Crippen LogP contribution in [0.3, 0.4) is 0 Å². The zero-order valence-electron chi connectivity index (χ0n) is 18.8. The van der Waals surface area contributed by atoms with Crippen molar-refractivity contribution >= 4 is 15.9 Å². The van der Waals surface area contributed by atoms with Crippen LogP contribution in [0.5, 0.6) is 0 Å². The number of rotatable bonds is 9. The number of carbonyl (C=O) groups is 1. The molecule has 1 saturated carbocycles. The molecule has 7 heteroatoms. The maximum absolute atomic E-state index is 13.3. The molecule has 1 heterocycles. The van der Waals surface area contributed by atoms with E-state index in [1.54, 1.807) is 4.31 Å². The Balaban J connectivity index is 1.50. The molecule has 1 amide bonds. The first-order valence-corrected chi connectivity index (χ1v) is 12.6. The van der Waals surface area contributed by atoms with Gasteiger partial charge >= 0.3 is 0 Å². The Morgan fingerprint density at radius 3 is 2.23 bits per heavy atom. The van der Waals surface area contributed by atoms with Crippen molar-refractivity contribution in [2.24, 2.45) is 11.8 Å². The maximum atomic E-state index is 13.3. The fraction of sp³-hybridized carbons (Fsp3) is 0.696. The van der Waals surface area contributed by atoms with Gasteiger partial charge < -0.3 is 10.1 Å². The lowest BCUT2D eigenvalue weighted by molar-refractivity contribution is -0.126. The fourth-order valence-electron chi connectivity index (χ4n) is 4.12. The number of amides is 1. The van der Waals surface area contributed by atoms with Gasteiger partial charge in [-0.1, -0.05) is 6.07 Å². The molecule has 1 aliphatic carbocycles. The van der Waals surface area contributed by atoms with Crippen LogP contribution in [-0.2, 0) is 19.6 Å². The molecule has 3 rings (SSSR count). The highest BCUT2D eigenvalue weighted by Crippen LogP contribution is 2.31. The van der Waals surface area contributed by atoms with E-state index in [9.17, 15) is 13.2 Å². The van der Waals surface area contributed by atoms with Gasteiger partial charge in [0.05, 0.1) is 4.90 Å². The van der Waals surface area contributed by atoms with Crippen LogP contribution >= 0.6 is 0 Å². The van der Waals surface area contributed by atoms with Crippen LogP contribution in [0.4, 0.5) is 0 Å². The van der Waals surface area contributed by atoms with Gasteiger partial charge in [0.2, 0.25) is 15.9 Å². The lowest BCUT2D eigenvalue weighted by atomic mass is 9.97. The van der Waals surface area contributed by atoms with E-state index in [-0.39, 0.29) is 11.8 Å². The van der Waals surface area contributed by atoms with E-state index in [0.717, 1.165) is 41.2 Å². The summed E-state index contributed by atoms with van der Waals surface area (Å²) in [4.78, 5) is 12.9. The maximum Gasteiger partial charge on any atom is 0.243 e. The first-order valence-electron chi connectivity index (χ1n) is 11.1. The van der Waals surface area contributed by atoms with Crippen LogP contribution < -0.4 is 5.32 Å². The molecule has 2 fully saturated rings. The van der Waals surface area contributed by atoms with Crippen LogP contribution in [0.2, 0.25) is 0 Å². The number of sulfonamides is 1. The van der Waals surface area contributed by atoms with Crippen LogP contribution in [0.25, 0.3) is 0 Å². The molecule has 1 aliphatic heterocycles. The summed E-state index contributed by atoms with van der Waals surface area (Å²) in [5.41, 5.74) is 3.63. The number of hydrogen-bond acceptors (Lipinski definition) is 4. The zero-order valence-corrected chi connectivity index (χ0v) is 19.6. The van der Waals surface area contributed by atoms with Crippen LogP contribution in [0.1, 0.15) is 54.4 Å². The second kappa shape index (κ2) is 9.79. The van der Waals surface area contributed by atoms with Crippen molar-refractivity contribution in [1.29, 1.82) is 0 Å². The van der Waals surface area contributed by atoms with Gasteiger partial charge in [0.1, 0.15) is 0 Å². The summed E-state index contributed by atoms with van der Waals surface area (Å²) < 4.78 is 33.8. The molecule has 6 nitrogen and oxygen atoms in total. The van der Waals surface area contributed by atoms with Gasteiger partial charge in [-0.2, -0.15) is 4.31 Å². The quantitative estimate of drug-likeness (QED) is 0.603. The third kappa shape index (κ3) is 5.42. The lowest BCUT2D eigenvalue weighted by Crippen LogP contribution is -2.43. The molecule has 0 spiro atoms. The van der Waals surface area contributed by atoms with E-state index >= 15 is 0 Å². The van der Waals surface area contributed by atoms with E-state index in [0.29, 0.717) is 44.0 Å². The Morgan fingerprint density at radius 2 is 1.67 bits per heavy atom. The van der Waals surface area contributed by atoms with Crippen molar-refractivity contribution in [3.63, 3.8) is 0 Å². The van der Waals surface area contributed by atoms with Crippen LogP contribution in [0.15, 0.2) is 11.0 Å². The topological polar surface area (TPSA) is 75.7 Å². The van der Waals surface area contributed by atoms with Gasteiger partial charge in [-0.3, -0.25) is 4.79 Å². The van der Waals surface area contributed by atoms with E-state index < -0.39 is 10.0 Å². The van der Waals surface area contributed by atoms with Crippen LogP contribution in [0, 0.1) is 39.5 Å². The number of piperidine rings is 1. The standard InChI is InChI=1S/C23H36N2O4S/c1-16-14-17(2)19(4)22(18(16)3)30(27,28)25-11-8-21(9-12-25)23(26)24-10-5-13-29-15-20-6-7-20/h14,20-21H,5-13,15H2,1-4H3,(H,24,26). The number of nitrogens with zero attached hydrogens (tertiary/aromatic N) is 1. The lowest BCUT2D eigenvalue weighted by Gasteiger charge is -2.31. The monoisotopic (exact) mass is 436 g/mol. The van der Waals surface area contributed by atoms with E-state index in [1.165, 1.54) is 12.8 Å². The minimum Gasteiger partial charge on any atom is -0.381 e. The van der Waals surface area contributed by atoms with Crippen molar-refractivity contribution in [2.45, 2.75) is 64.7 Å². The van der Waals surface area contributed by atoms with Gasteiger partial charge in [0, 0.05) is 38.8 Å². The molecular weight excluding hydrogens is 400 g/mol. The smallest absolute Gasteiger partial charge is 0.243 e. The number of nitrogens with one attached hydrogen (secondary N) is 1. The number of benzene rings is 1. The number of ether oxygens (including phenoxy) is 1. The summed E-state index contributed by atoms with van der Waals surface area (Å²) in [6.45, 7) is 10.6. The zero-order chi connectivity index (χ0) is 21.9. The molecule has 30 heavy (non-hydrogen) atoms. The third-order valence-corrected chi connectivity index (χ3v) is 8.71. The van der Waals surface area contributed by atoms with Crippen molar-refractivity contribution in [3.8, 4) is 0 Å². The van der Waals surface area contributed by atoms with Gasteiger partial charge in [-0.15, -0.1) is 0 Å². The molecule has 0 atom stereocenters. The van der Waals surface area contributed by atoms with Crippen LogP contribution in [-0.4, -0.2) is 51.5 Å². The van der Waals surface area contributed by atoms with Crippen molar-refractivity contribution in [3.05, 3.63) is 28.3 Å². The largest absolute Gasteiger partial charge is 0.381 e. The summed E-state index contributed by atoms with van der Waals surface area (Å²) in [7, 11) is -3.56. The minimum absolute atomic E-state index is 0.0352. The summed E-state index contributed by atoms with van der Waals surface area (Å²) >= 11 is 0. The first kappa shape index (κ1) is 23.2. The second-order valence-corrected chi connectivity index (χ2v) is 10.8. The Bertz CT molecular complexity index is 843. The van der Waals surface area contributed by atoms with Gasteiger partial charge in [0.15, 0.2) is 0 Å². The Kier molecular flexibility index (Phi) is 7.58. The number of carbonyl (C=O) groups excluding carboxylic acids is 1. The fourth-order valence-corrected chi connectivity index (χ4v) is 6.17. The molecule has 168 valence electrons. The third-order valence-electron chi connectivity index (χ3n) is 6.53. The van der Waals surface area contributed by atoms with Crippen molar-refractivity contribution in [2.75, 3.05) is 32.8 Å².